The van der Waals surface area contributed by atoms with Gasteiger partial charge in [0.2, 0.25) is 11.8 Å². The first-order chi connectivity index (χ1) is 13.3. The minimum Gasteiger partial charge on any atom is -0.337 e. The van der Waals surface area contributed by atoms with Crippen LogP contribution in [0.5, 0.6) is 0 Å². The summed E-state index contributed by atoms with van der Waals surface area (Å²) in [5.41, 5.74) is 1.87. The Hall–Kier alpha value is -2.67. The van der Waals surface area contributed by atoms with Crippen molar-refractivity contribution in [2.45, 2.75) is 44.2 Å². The molecule has 0 aromatic heterocycles. The van der Waals surface area contributed by atoms with Crippen molar-refractivity contribution in [3.63, 3.8) is 0 Å². The SMILES string of the molecule is CCN(Cc1ccccc1)C(=O)[C@@H]1CCC(=O)N1S(=O)(=O)c1ccc(C)cc1. The summed E-state index contributed by atoms with van der Waals surface area (Å²) in [5, 5.41) is 0. The second kappa shape index (κ2) is 8.14. The molecule has 148 valence electrons. The first kappa shape index (κ1) is 20.1. The van der Waals surface area contributed by atoms with Gasteiger partial charge in [-0.2, -0.15) is 0 Å². The number of amides is 2. The minimum absolute atomic E-state index is 0.0252. The number of carbonyl (C=O) groups excluding carboxylic acids is 2. The van der Waals surface area contributed by atoms with Gasteiger partial charge in [-0.1, -0.05) is 48.0 Å². The van der Waals surface area contributed by atoms with Crippen molar-refractivity contribution in [1.29, 1.82) is 0 Å². The van der Waals surface area contributed by atoms with Crippen LogP contribution in [0, 0.1) is 6.92 Å². The van der Waals surface area contributed by atoms with Crippen molar-refractivity contribution >= 4 is 21.8 Å². The van der Waals surface area contributed by atoms with E-state index in [1.54, 1.807) is 17.0 Å². The van der Waals surface area contributed by atoms with Crippen molar-refractivity contribution in [3.05, 3.63) is 65.7 Å². The van der Waals surface area contributed by atoms with Crippen molar-refractivity contribution in [3.8, 4) is 0 Å². The van der Waals surface area contributed by atoms with Crippen LogP contribution in [0.1, 0.15) is 30.9 Å². The number of hydrogen-bond acceptors (Lipinski definition) is 4. The molecule has 2 aromatic carbocycles. The Balaban J connectivity index is 1.88. The van der Waals surface area contributed by atoms with Crippen molar-refractivity contribution in [1.82, 2.24) is 9.21 Å². The molecule has 0 saturated carbocycles. The Labute approximate surface area is 165 Å². The summed E-state index contributed by atoms with van der Waals surface area (Å²) in [7, 11) is -4.08. The Morgan fingerprint density at radius 1 is 1.11 bits per heavy atom. The van der Waals surface area contributed by atoms with Gasteiger partial charge in [0.1, 0.15) is 6.04 Å². The third-order valence-electron chi connectivity index (χ3n) is 4.93. The van der Waals surface area contributed by atoms with Crippen LogP contribution in [0.15, 0.2) is 59.5 Å². The van der Waals surface area contributed by atoms with E-state index in [4.69, 9.17) is 0 Å². The standard InChI is InChI=1S/C21H24N2O4S/c1-3-22(15-17-7-5-4-6-8-17)21(25)19-13-14-20(24)23(19)28(26,27)18-11-9-16(2)10-12-18/h4-12,19H,3,13-15H2,1-2H3/t19-/m0/s1. The van der Waals surface area contributed by atoms with Gasteiger partial charge in [-0.05, 0) is 38.0 Å². The fourth-order valence-electron chi connectivity index (χ4n) is 3.37. The van der Waals surface area contributed by atoms with Crippen LogP contribution in [-0.2, 0) is 26.2 Å². The number of nitrogens with zero attached hydrogens (tertiary/aromatic N) is 2. The molecule has 0 radical (unpaired) electrons. The van der Waals surface area contributed by atoms with Gasteiger partial charge in [-0.25, -0.2) is 12.7 Å². The van der Waals surface area contributed by atoms with Crippen LogP contribution in [-0.4, -0.2) is 42.0 Å². The van der Waals surface area contributed by atoms with Crippen LogP contribution in [0.4, 0.5) is 0 Å². The molecule has 1 heterocycles. The molecule has 2 aromatic rings. The van der Waals surface area contributed by atoms with E-state index < -0.39 is 22.0 Å². The second-order valence-corrected chi connectivity index (χ2v) is 8.72. The molecule has 2 amide bonds. The average Bonchev–Trinajstić information content (AvgIpc) is 3.09. The summed E-state index contributed by atoms with van der Waals surface area (Å²) in [6.45, 7) is 4.50. The molecule has 1 saturated heterocycles. The predicted octanol–water partition coefficient (Wildman–Crippen LogP) is 2.72. The molecular weight excluding hydrogens is 376 g/mol. The van der Waals surface area contributed by atoms with E-state index in [1.807, 2.05) is 44.2 Å². The number of rotatable bonds is 6. The maximum absolute atomic E-state index is 13.1. The molecule has 28 heavy (non-hydrogen) atoms. The highest BCUT2D eigenvalue weighted by atomic mass is 32.2. The quantitative estimate of drug-likeness (QED) is 0.747. The van der Waals surface area contributed by atoms with E-state index in [0.29, 0.717) is 13.1 Å². The van der Waals surface area contributed by atoms with E-state index in [0.717, 1.165) is 15.4 Å². The van der Waals surface area contributed by atoms with E-state index in [9.17, 15) is 18.0 Å². The summed E-state index contributed by atoms with van der Waals surface area (Å²) in [4.78, 5) is 27.2. The smallest absolute Gasteiger partial charge is 0.267 e. The highest BCUT2D eigenvalue weighted by molar-refractivity contribution is 7.89. The summed E-state index contributed by atoms with van der Waals surface area (Å²) in [5.74, 6) is -0.873. The molecule has 1 aliphatic heterocycles. The van der Waals surface area contributed by atoms with Crippen molar-refractivity contribution in [2.24, 2.45) is 0 Å². The van der Waals surface area contributed by atoms with Gasteiger partial charge in [-0.15, -0.1) is 0 Å². The number of benzene rings is 2. The Morgan fingerprint density at radius 2 is 1.75 bits per heavy atom. The van der Waals surface area contributed by atoms with Gasteiger partial charge >= 0.3 is 0 Å². The Morgan fingerprint density at radius 3 is 2.36 bits per heavy atom. The summed E-state index contributed by atoms with van der Waals surface area (Å²) in [6, 6.07) is 14.8. The zero-order chi connectivity index (χ0) is 20.3. The van der Waals surface area contributed by atoms with Crippen LogP contribution < -0.4 is 0 Å². The summed E-state index contributed by atoms with van der Waals surface area (Å²) < 4.78 is 26.9. The average molecular weight is 401 g/mol. The monoisotopic (exact) mass is 400 g/mol. The lowest BCUT2D eigenvalue weighted by Gasteiger charge is -2.29. The van der Waals surface area contributed by atoms with Crippen LogP contribution in [0.25, 0.3) is 0 Å². The molecule has 0 bridgehead atoms. The fraction of sp³-hybridized carbons (Fsp3) is 0.333. The Kier molecular flexibility index (Phi) is 5.84. The van der Waals surface area contributed by atoms with E-state index in [2.05, 4.69) is 0 Å². The third kappa shape index (κ3) is 3.94. The Bertz CT molecular complexity index is 956. The lowest BCUT2D eigenvalue weighted by atomic mass is 10.1. The predicted molar refractivity (Wildman–Crippen MR) is 106 cm³/mol. The fourth-order valence-corrected chi connectivity index (χ4v) is 4.97. The van der Waals surface area contributed by atoms with Gasteiger partial charge in [0, 0.05) is 19.5 Å². The van der Waals surface area contributed by atoms with Gasteiger partial charge in [0.25, 0.3) is 10.0 Å². The highest BCUT2D eigenvalue weighted by Gasteiger charge is 2.45. The molecule has 1 atom stereocenters. The maximum atomic E-state index is 13.1. The van der Waals surface area contributed by atoms with Crippen molar-refractivity contribution < 1.29 is 18.0 Å². The molecule has 3 rings (SSSR count). The first-order valence-electron chi connectivity index (χ1n) is 9.31. The summed E-state index contributed by atoms with van der Waals surface area (Å²) >= 11 is 0. The largest absolute Gasteiger partial charge is 0.337 e. The van der Waals surface area contributed by atoms with Crippen LogP contribution >= 0.6 is 0 Å². The number of carbonyl (C=O) groups is 2. The molecule has 0 aliphatic carbocycles. The second-order valence-electron chi connectivity index (χ2n) is 6.90. The molecule has 7 heteroatoms. The first-order valence-corrected chi connectivity index (χ1v) is 10.7. The normalized spacial score (nSPS) is 17.0. The minimum atomic E-state index is -4.08. The number of sulfonamides is 1. The van der Waals surface area contributed by atoms with Gasteiger partial charge in [-0.3, -0.25) is 9.59 Å². The van der Waals surface area contributed by atoms with Crippen LogP contribution in [0.3, 0.4) is 0 Å². The highest BCUT2D eigenvalue weighted by Crippen LogP contribution is 2.29. The zero-order valence-electron chi connectivity index (χ0n) is 16.0. The number of hydrogen-bond donors (Lipinski definition) is 0. The summed E-state index contributed by atoms with van der Waals surface area (Å²) in [6.07, 6.45) is 0.248. The third-order valence-corrected chi connectivity index (χ3v) is 6.78. The lowest BCUT2D eigenvalue weighted by molar-refractivity contribution is -0.138. The lowest BCUT2D eigenvalue weighted by Crippen LogP contribution is -2.48. The van der Waals surface area contributed by atoms with Gasteiger partial charge in [0.05, 0.1) is 4.90 Å². The van der Waals surface area contributed by atoms with Crippen LogP contribution in [0.2, 0.25) is 0 Å². The zero-order valence-corrected chi connectivity index (χ0v) is 16.9. The topological polar surface area (TPSA) is 74.8 Å². The van der Waals surface area contributed by atoms with E-state index in [1.165, 1.54) is 12.1 Å². The number of aryl methyl sites for hydroxylation is 1. The molecule has 1 aliphatic rings. The maximum Gasteiger partial charge on any atom is 0.267 e. The van der Waals surface area contributed by atoms with Gasteiger partial charge < -0.3 is 4.90 Å². The molecule has 6 nitrogen and oxygen atoms in total. The molecule has 0 unspecified atom stereocenters. The van der Waals surface area contributed by atoms with Crippen molar-refractivity contribution in [2.75, 3.05) is 6.54 Å². The molecule has 0 N–H and O–H groups in total. The molecule has 0 spiro atoms. The van der Waals surface area contributed by atoms with Gasteiger partial charge in [0.15, 0.2) is 0 Å². The number of likely N-dealkylation sites (N-methyl/N-ethyl adjacent to an activating group) is 1. The van der Waals surface area contributed by atoms with E-state index >= 15 is 0 Å². The molecular formula is C21H24N2O4S. The molecule has 1 fully saturated rings. The van der Waals surface area contributed by atoms with E-state index in [-0.39, 0.29) is 23.6 Å².